The van der Waals surface area contributed by atoms with E-state index in [1.165, 1.54) is 308 Å². The second-order valence-electron chi connectivity index (χ2n) is 22.8. The van der Waals surface area contributed by atoms with Gasteiger partial charge in [0, 0.05) is 12.8 Å². The fourth-order valence-electron chi connectivity index (χ4n) is 10.6. The second-order valence-corrected chi connectivity index (χ2v) is 22.8. The number of hydrogen-bond donors (Lipinski definition) is 3. The van der Waals surface area contributed by atoms with Crippen molar-refractivity contribution in [1.82, 2.24) is 5.32 Å². The van der Waals surface area contributed by atoms with E-state index in [4.69, 9.17) is 4.74 Å². The lowest BCUT2D eigenvalue weighted by molar-refractivity contribution is -0.143. The summed E-state index contributed by atoms with van der Waals surface area (Å²) in [4.78, 5) is 24.5. The zero-order valence-electron chi connectivity index (χ0n) is 48.5. The Morgan fingerprint density at radius 1 is 0.338 bits per heavy atom. The highest BCUT2D eigenvalue weighted by Crippen LogP contribution is 2.19. The van der Waals surface area contributed by atoms with E-state index in [9.17, 15) is 19.8 Å². The Morgan fingerprint density at radius 3 is 0.859 bits per heavy atom. The molecular formula is C65H129NO5. The van der Waals surface area contributed by atoms with Gasteiger partial charge in [-0.2, -0.15) is 0 Å². The maximum absolute atomic E-state index is 12.5. The molecule has 2 atom stereocenters. The van der Waals surface area contributed by atoms with Crippen LogP contribution in [0.4, 0.5) is 0 Å². The minimum Gasteiger partial charge on any atom is -0.466 e. The van der Waals surface area contributed by atoms with Crippen LogP contribution < -0.4 is 5.32 Å². The first-order valence-corrected chi connectivity index (χ1v) is 32.8. The first-order chi connectivity index (χ1) is 35.0. The molecule has 6 heteroatoms. The fourth-order valence-corrected chi connectivity index (χ4v) is 10.6. The summed E-state index contributed by atoms with van der Waals surface area (Å²) in [5.41, 5.74) is 0. The summed E-state index contributed by atoms with van der Waals surface area (Å²) < 4.78 is 5.48. The molecule has 0 heterocycles. The Kier molecular flexibility index (Phi) is 60.4. The van der Waals surface area contributed by atoms with E-state index in [1.54, 1.807) is 0 Å². The molecule has 3 N–H and O–H groups in total. The molecule has 0 aliphatic heterocycles. The average Bonchev–Trinajstić information content (AvgIpc) is 3.37. The third-order valence-corrected chi connectivity index (χ3v) is 15.7. The van der Waals surface area contributed by atoms with Gasteiger partial charge in [0.2, 0.25) is 5.91 Å². The molecule has 6 nitrogen and oxygen atoms in total. The molecule has 0 aliphatic rings. The predicted molar refractivity (Wildman–Crippen MR) is 310 cm³/mol. The van der Waals surface area contributed by atoms with E-state index >= 15 is 0 Å². The monoisotopic (exact) mass is 1000 g/mol. The second kappa shape index (κ2) is 61.4. The molecule has 0 aliphatic carbocycles. The summed E-state index contributed by atoms with van der Waals surface area (Å²) in [7, 11) is 0. The Balaban J connectivity index is 3.31. The number of carbonyl (C=O) groups excluding carboxylic acids is 2. The van der Waals surface area contributed by atoms with Crippen LogP contribution in [0.25, 0.3) is 0 Å². The minimum atomic E-state index is -0.659. The van der Waals surface area contributed by atoms with E-state index in [-0.39, 0.29) is 18.5 Å². The van der Waals surface area contributed by atoms with Crippen LogP contribution in [-0.4, -0.2) is 47.4 Å². The van der Waals surface area contributed by atoms with Crippen molar-refractivity contribution < 1.29 is 24.5 Å². The van der Waals surface area contributed by atoms with Crippen molar-refractivity contribution in [3.8, 4) is 0 Å². The van der Waals surface area contributed by atoms with Crippen LogP contribution >= 0.6 is 0 Å². The van der Waals surface area contributed by atoms with E-state index in [1.807, 2.05) is 0 Å². The van der Waals surface area contributed by atoms with Crippen molar-refractivity contribution >= 4 is 11.9 Å². The van der Waals surface area contributed by atoms with Crippen molar-refractivity contribution in [2.24, 2.45) is 0 Å². The lowest BCUT2D eigenvalue weighted by Gasteiger charge is -2.22. The number of unbranched alkanes of at least 4 members (excludes halogenated alkanes) is 51. The third-order valence-electron chi connectivity index (χ3n) is 15.7. The fraction of sp³-hybridized carbons (Fsp3) is 0.969. The van der Waals surface area contributed by atoms with Crippen LogP contribution in [0, 0.1) is 0 Å². The molecule has 0 rings (SSSR count). The molecule has 0 bridgehead atoms. The van der Waals surface area contributed by atoms with Crippen LogP contribution in [0.5, 0.6) is 0 Å². The quantitative estimate of drug-likeness (QED) is 0.0417. The number of aliphatic hydroxyl groups is 2. The number of hydrogen-bond acceptors (Lipinski definition) is 5. The summed E-state index contributed by atoms with van der Waals surface area (Å²) in [5.74, 6) is -0.00788. The predicted octanol–water partition coefficient (Wildman–Crippen LogP) is 20.6. The lowest BCUT2D eigenvalue weighted by atomic mass is 10.0. The molecule has 0 radical (unpaired) electrons. The maximum atomic E-state index is 12.5. The van der Waals surface area contributed by atoms with E-state index in [0.29, 0.717) is 25.9 Å². The number of esters is 1. The molecule has 1 amide bonds. The zero-order valence-corrected chi connectivity index (χ0v) is 48.5. The molecule has 2 unspecified atom stereocenters. The largest absolute Gasteiger partial charge is 0.466 e. The van der Waals surface area contributed by atoms with Crippen molar-refractivity contribution in [1.29, 1.82) is 0 Å². The van der Waals surface area contributed by atoms with Gasteiger partial charge < -0.3 is 20.3 Å². The third kappa shape index (κ3) is 58.0. The maximum Gasteiger partial charge on any atom is 0.305 e. The van der Waals surface area contributed by atoms with Gasteiger partial charge in [-0.3, -0.25) is 9.59 Å². The number of rotatable bonds is 62. The molecule has 0 saturated carbocycles. The Bertz CT molecular complexity index is 1020. The Hall–Kier alpha value is -1.14. The van der Waals surface area contributed by atoms with Gasteiger partial charge in [-0.15, -0.1) is 0 Å². The van der Waals surface area contributed by atoms with Crippen LogP contribution in [0.3, 0.4) is 0 Å². The number of amides is 1. The number of ether oxygens (including phenoxy) is 1. The standard InChI is InChI=1S/C65H129NO5/c1-3-5-7-9-11-13-15-34-37-41-45-49-53-57-63(68)62(61-67)66-64(69)58-54-50-46-42-38-35-32-30-28-26-24-22-20-18-17-19-21-23-25-27-29-31-33-36-40-44-48-52-56-60-71-65(70)59-55-51-47-43-39-16-14-12-10-8-6-4-2/h62-63,67-68H,3-61H2,1-2H3,(H,66,69). The highest BCUT2D eigenvalue weighted by Gasteiger charge is 2.20. The van der Waals surface area contributed by atoms with Crippen LogP contribution in [0.1, 0.15) is 380 Å². The molecule has 0 aromatic heterocycles. The van der Waals surface area contributed by atoms with Gasteiger partial charge in [-0.05, 0) is 25.7 Å². The summed E-state index contributed by atoms with van der Waals surface area (Å²) in [6.45, 7) is 4.98. The molecule has 71 heavy (non-hydrogen) atoms. The van der Waals surface area contributed by atoms with Gasteiger partial charge in [-0.1, -0.05) is 341 Å². The van der Waals surface area contributed by atoms with E-state index in [2.05, 4.69) is 19.2 Å². The van der Waals surface area contributed by atoms with E-state index < -0.39 is 12.1 Å². The van der Waals surface area contributed by atoms with Gasteiger partial charge in [-0.25, -0.2) is 0 Å². The van der Waals surface area contributed by atoms with Crippen molar-refractivity contribution in [3.63, 3.8) is 0 Å². The van der Waals surface area contributed by atoms with Gasteiger partial charge in [0.15, 0.2) is 0 Å². The highest BCUT2D eigenvalue weighted by atomic mass is 16.5. The number of aliphatic hydroxyl groups excluding tert-OH is 2. The first-order valence-electron chi connectivity index (χ1n) is 32.8. The SMILES string of the molecule is CCCCCCCCCCCCCCCC(O)C(CO)NC(=O)CCCCCCCCCCCCCCCCCCCCCCCCCCCCCCCOC(=O)CCCCCCCCCCCCCC. The minimum absolute atomic E-state index is 0.0210. The van der Waals surface area contributed by atoms with Gasteiger partial charge in [0.25, 0.3) is 0 Å². The Morgan fingerprint density at radius 2 is 0.577 bits per heavy atom. The average molecular weight is 1000 g/mol. The summed E-state index contributed by atoms with van der Waals surface area (Å²) >= 11 is 0. The molecule has 0 aromatic rings. The molecular weight excluding hydrogens is 875 g/mol. The first kappa shape index (κ1) is 69.9. The number of carbonyl (C=O) groups is 2. The zero-order chi connectivity index (χ0) is 51.4. The lowest BCUT2D eigenvalue weighted by Crippen LogP contribution is -2.45. The molecule has 0 fully saturated rings. The van der Waals surface area contributed by atoms with Crippen molar-refractivity contribution in [2.45, 2.75) is 392 Å². The number of nitrogens with one attached hydrogen (secondary N) is 1. The molecule has 0 aromatic carbocycles. The molecule has 424 valence electrons. The summed E-state index contributed by atoms with van der Waals surface area (Å²) in [5, 5.41) is 23.3. The topological polar surface area (TPSA) is 95.9 Å². The molecule has 0 saturated heterocycles. The smallest absolute Gasteiger partial charge is 0.305 e. The van der Waals surface area contributed by atoms with Crippen LogP contribution in [0.15, 0.2) is 0 Å². The van der Waals surface area contributed by atoms with Crippen LogP contribution in [0.2, 0.25) is 0 Å². The highest BCUT2D eigenvalue weighted by molar-refractivity contribution is 5.76. The van der Waals surface area contributed by atoms with Gasteiger partial charge in [0.05, 0.1) is 25.4 Å². The van der Waals surface area contributed by atoms with Crippen LogP contribution in [-0.2, 0) is 14.3 Å². The summed E-state index contributed by atoms with van der Waals surface area (Å²) in [6, 6.07) is -0.536. The summed E-state index contributed by atoms with van der Waals surface area (Å²) in [6.07, 6.45) is 72.8. The van der Waals surface area contributed by atoms with Gasteiger partial charge >= 0.3 is 5.97 Å². The normalized spacial score (nSPS) is 12.5. The van der Waals surface area contributed by atoms with Crippen molar-refractivity contribution in [3.05, 3.63) is 0 Å². The molecule has 0 spiro atoms. The van der Waals surface area contributed by atoms with Gasteiger partial charge in [0.1, 0.15) is 0 Å². The Labute approximate surface area is 445 Å². The van der Waals surface area contributed by atoms with E-state index in [0.717, 1.165) is 38.5 Å². The van der Waals surface area contributed by atoms with Crippen molar-refractivity contribution in [2.75, 3.05) is 13.2 Å².